The summed E-state index contributed by atoms with van der Waals surface area (Å²) in [6, 6.07) is 4.40. The second-order valence-corrected chi connectivity index (χ2v) is 6.03. The first-order valence-corrected chi connectivity index (χ1v) is 7.90. The van der Waals surface area contributed by atoms with Crippen LogP contribution in [0.25, 0.3) is 0 Å². The number of methoxy groups -OCH3 is 2. The molecule has 0 bridgehead atoms. The molecule has 0 saturated heterocycles. The molecule has 116 valence electrons. The minimum absolute atomic E-state index is 0.0283. The van der Waals surface area contributed by atoms with E-state index in [-0.39, 0.29) is 5.60 Å². The van der Waals surface area contributed by atoms with Crippen molar-refractivity contribution in [1.82, 2.24) is 5.32 Å². The fourth-order valence-electron chi connectivity index (χ4n) is 3.79. The molecule has 1 atom stereocenters. The summed E-state index contributed by atoms with van der Waals surface area (Å²) in [7, 11) is 3.35. The molecule has 0 aromatic heterocycles. The topological polar surface area (TPSA) is 39.7 Å². The molecule has 21 heavy (non-hydrogen) atoms. The minimum Gasteiger partial charge on any atom is -0.493 e. The summed E-state index contributed by atoms with van der Waals surface area (Å²) in [6.45, 7) is 3.10. The molecule has 0 radical (unpaired) electrons. The first-order chi connectivity index (χ1) is 10.2. The summed E-state index contributed by atoms with van der Waals surface area (Å²) >= 11 is 0. The van der Waals surface area contributed by atoms with Crippen LogP contribution in [0.2, 0.25) is 0 Å². The second kappa shape index (κ2) is 5.76. The molecule has 1 aliphatic carbocycles. The van der Waals surface area contributed by atoms with Crippen LogP contribution in [0.3, 0.4) is 0 Å². The van der Waals surface area contributed by atoms with Crippen LogP contribution >= 0.6 is 0 Å². The standard InChI is InChI=1S/C17H25NO3/c1-4-18-13-11-17(9-5-6-10-17)21-15-12(13)7-8-14(19-2)16(15)20-3/h7-8,13,18H,4-6,9-11H2,1-3H3. The molecule has 1 N–H and O–H groups in total. The number of fused-ring (bicyclic) bond motifs is 1. The molecule has 0 amide bonds. The second-order valence-electron chi connectivity index (χ2n) is 6.03. The van der Waals surface area contributed by atoms with Gasteiger partial charge in [0.05, 0.1) is 14.2 Å². The lowest BCUT2D eigenvalue weighted by molar-refractivity contribution is 0.0335. The van der Waals surface area contributed by atoms with Crippen molar-refractivity contribution in [2.45, 2.75) is 50.7 Å². The lowest BCUT2D eigenvalue weighted by Gasteiger charge is -2.41. The molecule has 3 rings (SSSR count). The fraction of sp³-hybridized carbons (Fsp3) is 0.647. The number of nitrogens with one attached hydrogen (secondary N) is 1. The molecular weight excluding hydrogens is 266 g/mol. The minimum atomic E-state index is -0.0283. The van der Waals surface area contributed by atoms with Crippen molar-refractivity contribution < 1.29 is 14.2 Å². The van der Waals surface area contributed by atoms with Crippen LogP contribution in [0.4, 0.5) is 0 Å². The van der Waals surface area contributed by atoms with Crippen LogP contribution < -0.4 is 19.5 Å². The Morgan fingerprint density at radius 3 is 2.62 bits per heavy atom. The van der Waals surface area contributed by atoms with Crippen molar-refractivity contribution in [2.75, 3.05) is 20.8 Å². The maximum Gasteiger partial charge on any atom is 0.203 e. The van der Waals surface area contributed by atoms with Gasteiger partial charge in [-0.2, -0.15) is 0 Å². The quantitative estimate of drug-likeness (QED) is 0.922. The lowest BCUT2D eigenvalue weighted by atomic mass is 9.85. The molecule has 1 aliphatic heterocycles. The molecule has 1 aromatic rings. The first-order valence-electron chi connectivity index (χ1n) is 7.90. The van der Waals surface area contributed by atoms with Gasteiger partial charge in [-0.15, -0.1) is 0 Å². The van der Waals surface area contributed by atoms with Gasteiger partial charge in [0.15, 0.2) is 11.5 Å². The maximum atomic E-state index is 6.48. The van der Waals surface area contributed by atoms with E-state index in [1.165, 1.54) is 18.4 Å². The largest absolute Gasteiger partial charge is 0.493 e. The van der Waals surface area contributed by atoms with E-state index in [4.69, 9.17) is 14.2 Å². The molecular formula is C17H25NO3. The third-order valence-electron chi connectivity index (χ3n) is 4.77. The van der Waals surface area contributed by atoms with Gasteiger partial charge < -0.3 is 19.5 Å². The predicted molar refractivity (Wildman–Crippen MR) is 82.4 cm³/mol. The number of benzene rings is 1. The number of hydrogen-bond donors (Lipinski definition) is 1. The van der Waals surface area contributed by atoms with Crippen molar-refractivity contribution in [3.63, 3.8) is 0 Å². The molecule has 1 fully saturated rings. The molecule has 1 heterocycles. The number of rotatable bonds is 4. The fourth-order valence-corrected chi connectivity index (χ4v) is 3.79. The van der Waals surface area contributed by atoms with Crippen LogP contribution in [0.15, 0.2) is 12.1 Å². The Balaban J connectivity index is 2.06. The molecule has 4 heteroatoms. The van der Waals surface area contributed by atoms with E-state index in [1.807, 2.05) is 6.07 Å². The van der Waals surface area contributed by atoms with E-state index in [9.17, 15) is 0 Å². The van der Waals surface area contributed by atoms with Crippen molar-refractivity contribution in [3.05, 3.63) is 17.7 Å². The highest BCUT2D eigenvalue weighted by Crippen LogP contribution is 2.52. The Labute approximate surface area is 126 Å². The zero-order valence-corrected chi connectivity index (χ0v) is 13.2. The summed E-state index contributed by atoms with van der Waals surface area (Å²) in [5.74, 6) is 2.33. The molecule has 2 aliphatic rings. The van der Waals surface area contributed by atoms with Gasteiger partial charge in [-0.25, -0.2) is 0 Å². The Morgan fingerprint density at radius 2 is 2.00 bits per heavy atom. The third-order valence-corrected chi connectivity index (χ3v) is 4.77. The van der Waals surface area contributed by atoms with E-state index in [0.29, 0.717) is 6.04 Å². The molecule has 4 nitrogen and oxygen atoms in total. The highest BCUT2D eigenvalue weighted by Gasteiger charge is 2.44. The van der Waals surface area contributed by atoms with E-state index in [1.54, 1.807) is 14.2 Å². The summed E-state index contributed by atoms with van der Waals surface area (Å²) in [6.07, 6.45) is 5.81. The Bertz CT molecular complexity index is 509. The highest BCUT2D eigenvalue weighted by molar-refractivity contribution is 5.58. The smallest absolute Gasteiger partial charge is 0.203 e. The molecule has 1 aromatic carbocycles. The zero-order chi connectivity index (χ0) is 14.9. The van der Waals surface area contributed by atoms with Gasteiger partial charge in [0.2, 0.25) is 5.75 Å². The SMILES string of the molecule is CCNC1CC2(CCCC2)Oc2c1ccc(OC)c2OC. The summed E-state index contributed by atoms with van der Waals surface area (Å²) in [5.41, 5.74) is 1.16. The summed E-state index contributed by atoms with van der Waals surface area (Å²) in [5, 5.41) is 3.60. The Hall–Kier alpha value is -1.42. The van der Waals surface area contributed by atoms with Crippen LogP contribution in [-0.2, 0) is 0 Å². The zero-order valence-electron chi connectivity index (χ0n) is 13.2. The van der Waals surface area contributed by atoms with Gasteiger partial charge in [0.25, 0.3) is 0 Å². The van der Waals surface area contributed by atoms with Crippen LogP contribution in [0.1, 0.15) is 50.6 Å². The predicted octanol–water partition coefficient (Wildman–Crippen LogP) is 3.45. The van der Waals surface area contributed by atoms with Crippen molar-refractivity contribution in [1.29, 1.82) is 0 Å². The lowest BCUT2D eigenvalue weighted by Crippen LogP contribution is -2.42. The van der Waals surface area contributed by atoms with E-state index in [2.05, 4.69) is 18.3 Å². The van der Waals surface area contributed by atoms with Crippen molar-refractivity contribution in [3.8, 4) is 17.2 Å². The van der Waals surface area contributed by atoms with Crippen LogP contribution in [-0.4, -0.2) is 26.4 Å². The van der Waals surface area contributed by atoms with E-state index < -0.39 is 0 Å². The average molecular weight is 291 g/mol. The number of ether oxygens (including phenoxy) is 3. The van der Waals surface area contributed by atoms with Gasteiger partial charge in [0.1, 0.15) is 5.60 Å². The summed E-state index contributed by atoms with van der Waals surface area (Å²) < 4.78 is 17.5. The van der Waals surface area contributed by atoms with Crippen LogP contribution in [0.5, 0.6) is 17.2 Å². The van der Waals surface area contributed by atoms with Gasteiger partial charge in [-0.1, -0.05) is 6.92 Å². The van der Waals surface area contributed by atoms with Crippen LogP contribution in [0, 0.1) is 0 Å². The van der Waals surface area contributed by atoms with Gasteiger partial charge in [0, 0.05) is 18.0 Å². The monoisotopic (exact) mass is 291 g/mol. The number of hydrogen-bond acceptors (Lipinski definition) is 4. The average Bonchev–Trinajstić information content (AvgIpc) is 2.94. The Kier molecular flexibility index (Phi) is 3.98. The molecule has 1 unspecified atom stereocenters. The molecule has 1 saturated carbocycles. The van der Waals surface area contributed by atoms with Gasteiger partial charge in [-0.3, -0.25) is 0 Å². The van der Waals surface area contributed by atoms with Crippen molar-refractivity contribution >= 4 is 0 Å². The maximum absolute atomic E-state index is 6.48. The van der Waals surface area contributed by atoms with Gasteiger partial charge in [-0.05, 0) is 44.4 Å². The highest BCUT2D eigenvalue weighted by atomic mass is 16.5. The first kappa shape index (κ1) is 14.5. The summed E-state index contributed by atoms with van der Waals surface area (Å²) in [4.78, 5) is 0. The van der Waals surface area contributed by atoms with Crippen molar-refractivity contribution in [2.24, 2.45) is 0 Å². The van der Waals surface area contributed by atoms with Gasteiger partial charge >= 0.3 is 0 Å². The Morgan fingerprint density at radius 1 is 1.24 bits per heavy atom. The molecule has 1 spiro atoms. The van der Waals surface area contributed by atoms with E-state index in [0.717, 1.165) is 43.1 Å². The third kappa shape index (κ3) is 2.46. The normalized spacial score (nSPS) is 22.7. The van der Waals surface area contributed by atoms with E-state index >= 15 is 0 Å².